The van der Waals surface area contributed by atoms with Crippen molar-refractivity contribution in [1.82, 2.24) is 0 Å². The van der Waals surface area contributed by atoms with Gasteiger partial charge in [-0.25, -0.2) is 4.79 Å². The van der Waals surface area contributed by atoms with E-state index in [-0.39, 0.29) is 17.5 Å². The van der Waals surface area contributed by atoms with Crippen molar-refractivity contribution in [2.24, 2.45) is 46.3 Å². The summed E-state index contributed by atoms with van der Waals surface area (Å²) < 4.78 is 6.17. The van der Waals surface area contributed by atoms with Gasteiger partial charge >= 0.3 is 5.97 Å². The highest BCUT2D eigenvalue weighted by Crippen LogP contribution is 2.67. The summed E-state index contributed by atoms with van der Waals surface area (Å²) in [4.78, 5) is 13.2. The lowest BCUT2D eigenvalue weighted by atomic mass is 9.47. The number of carbonyl (C=O) groups excluding carboxylic acids is 1. The number of fused-ring (bicyclic) bond motifs is 7. The first-order valence-electron chi connectivity index (χ1n) is 18.7. The van der Waals surface area contributed by atoms with Crippen LogP contribution in [0.25, 0.3) is 27.6 Å². The van der Waals surface area contributed by atoms with Gasteiger partial charge in [0.1, 0.15) is 6.10 Å². The van der Waals surface area contributed by atoms with Gasteiger partial charge in [-0.3, -0.25) is 0 Å². The van der Waals surface area contributed by atoms with Crippen LogP contribution in [0.4, 0.5) is 0 Å². The fourth-order valence-corrected chi connectivity index (χ4v) is 11.3. The van der Waals surface area contributed by atoms with Crippen LogP contribution >= 0.6 is 0 Å². The first-order chi connectivity index (χ1) is 22.2. The number of allylic oxidation sites excluding steroid dienone is 1. The normalized spacial score (nSPS) is 33.1. The Labute approximate surface area is 278 Å². The van der Waals surface area contributed by atoms with Gasteiger partial charge in [0.15, 0.2) is 0 Å². The first-order valence-corrected chi connectivity index (χ1v) is 18.7. The Bertz CT molecular complexity index is 1590. The van der Waals surface area contributed by atoms with E-state index in [9.17, 15) is 4.79 Å². The molecule has 3 aromatic carbocycles. The standard InChI is InChI=1S/C44H56O2/c1-29(2)11-10-12-30(3)39-20-21-40-38-18-17-33-28-34(23-25-43(33,4)41(38)24-26-44(39,40)5)46-42(45)22-19-37-35-15-8-6-13-31(35)27-32-14-7-9-16-36(32)37/h6-9,13-17,19,22,27,29-30,34,38-41H,10-12,18,20-21,23-26,28H2,1-5H3/b22-19+. The molecule has 0 amide bonds. The third-order valence-corrected chi connectivity index (χ3v) is 13.7. The molecular weight excluding hydrogens is 560 g/mol. The van der Waals surface area contributed by atoms with Crippen LogP contribution in [-0.4, -0.2) is 12.1 Å². The van der Waals surface area contributed by atoms with Gasteiger partial charge in [-0.1, -0.05) is 114 Å². The lowest BCUT2D eigenvalue weighted by Gasteiger charge is -2.58. The molecule has 0 aliphatic heterocycles. The second-order valence-corrected chi connectivity index (χ2v) is 16.7. The number of rotatable bonds is 8. The molecule has 7 rings (SSSR count). The van der Waals surface area contributed by atoms with Crippen molar-refractivity contribution in [3.63, 3.8) is 0 Å². The van der Waals surface area contributed by atoms with Crippen molar-refractivity contribution in [2.75, 3.05) is 0 Å². The molecule has 46 heavy (non-hydrogen) atoms. The van der Waals surface area contributed by atoms with E-state index >= 15 is 0 Å². The van der Waals surface area contributed by atoms with Crippen molar-refractivity contribution >= 4 is 33.6 Å². The largest absolute Gasteiger partial charge is 0.459 e. The van der Waals surface area contributed by atoms with E-state index in [2.05, 4.69) is 95.3 Å². The van der Waals surface area contributed by atoms with Gasteiger partial charge < -0.3 is 4.74 Å². The summed E-state index contributed by atoms with van der Waals surface area (Å²) in [7, 11) is 0. The Morgan fingerprint density at radius 3 is 2.33 bits per heavy atom. The minimum absolute atomic E-state index is 0.0197. The van der Waals surface area contributed by atoms with Crippen LogP contribution in [0, 0.1) is 46.3 Å². The summed E-state index contributed by atoms with van der Waals surface area (Å²) in [6, 6.07) is 19.1. The minimum atomic E-state index is -0.215. The van der Waals surface area contributed by atoms with Crippen molar-refractivity contribution in [1.29, 1.82) is 0 Å². The molecule has 4 aliphatic rings. The maximum absolute atomic E-state index is 13.2. The predicted octanol–water partition coefficient (Wildman–Crippen LogP) is 12.0. The molecule has 0 N–H and O–H groups in total. The highest BCUT2D eigenvalue weighted by Gasteiger charge is 2.59. The number of ether oxygens (including phenoxy) is 1. The minimum Gasteiger partial charge on any atom is -0.459 e. The van der Waals surface area contributed by atoms with E-state index in [1.165, 1.54) is 72.9 Å². The Hall–Kier alpha value is -2.87. The summed E-state index contributed by atoms with van der Waals surface area (Å²) in [5.74, 6) is 4.86. The molecule has 2 nitrogen and oxygen atoms in total. The molecule has 0 radical (unpaired) electrons. The third-order valence-electron chi connectivity index (χ3n) is 13.7. The van der Waals surface area contributed by atoms with Crippen molar-refractivity contribution in [3.8, 4) is 0 Å². The molecule has 0 saturated heterocycles. The molecule has 4 aliphatic carbocycles. The smallest absolute Gasteiger partial charge is 0.331 e. The van der Waals surface area contributed by atoms with E-state index in [1.807, 2.05) is 6.08 Å². The average molecular weight is 617 g/mol. The quantitative estimate of drug-likeness (QED) is 0.109. The number of carbonyl (C=O) groups is 1. The summed E-state index contributed by atoms with van der Waals surface area (Å²) in [6.07, 6.45) is 20.4. The predicted molar refractivity (Wildman–Crippen MR) is 193 cm³/mol. The topological polar surface area (TPSA) is 26.3 Å². The van der Waals surface area contributed by atoms with Gasteiger partial charge in [-0.2, -0.15) is 0 Å². The second-order valence-electron chi connectivity index (χ2n) is 16.7. The SMILES string of the molecule is CC(C)CCCC(C)C1CCC2C3CC=C4CC(OC(=O)/C=C/c5c6ccccc6cc6ccccc56)CCC4(C)C3CCC12C. The maximum atomic E-state index is 13.2. The Morgan fingerprint density at radius 1 is 0.891 bits per heavy atom. The van der Waals surface area contributed by atoms with E-state index in [4.69, 9.17) is 4.74 Å². The molecule has 3 fully saturated rings. The lowest BCUT2D eigenvalue weighted by molar-refractivity contribution is -0.145. The zero-order valence-electron chi connectivity index (χ0n) is 29.1. The summed E-state index contributed by atoms with van der Waals surface area (Å²) in [6.45, 7) is 12.6. The summed E-state index contributed by atoms with van der Waals surface area (Å²) >= 11 is 0. The van der Waals surface area contributed by atoms with E-state index in [1.54, 1.807) is 11.6 Å². The first kappa shape index (κ1) is 31.7. The summed E-state index contributed by atoms with van der Waals surface area (Å²) in [5, 5.41) is 4.71. The highest BCUT2D eigenvalue weighted by molar-refractivity contribution is 6.08. The van der Waals surface area contributed by atoms with Crippen LogP contribution in [0.5, 0.6) is 0 Å². The zero-order valence-corrected chi connectivity index (χ0v) is 29.1. The summed E-state index contributed by atoms with van der Waals surface area (Å²) in [5.41, 5.74) is 3.47. The number of hydrogen-bond donors (Lipinski definition) is 0. The van der Waals surface area contributed by atoms with Crippen molar-refractivity contribution in [2.45, 2.75) is 111 Å². The zero-order chi connectivity index (χ0) is 32.1. The number of esters is 1. The van der Waals surface area contributed by atoms with Crippen LogP contribution in [0.2, 0.25) is 0 Å². The van der Waals surface area contributed by atoms with Gasteiger partial charge in [0.25, 0.3) is 0 Å². The molecule has 0 spiro atoms. The Morgan fingerprint density at radius 2 is 1.61 bits per heavy atom. The molecule has 3 saturated carbocycles. The van der Waals surface area contributed by atoms with Crippen LogP contribution in [0.15, 0.2) is 72.3 Å². The van der Waals surface area contributed by atoms with E-state index < -0.39 is 0 Å². The molecule has 8 unspecified atom stereocenters. The number of hydrogen-bond acceptors (Lipinski definition) is 2. The second kappa shape index (κ2) is 12.6. The van der Waals surface area contributed by atoms with Gasteiger partial charge in [-0.15, -0.1) is 0 Å². The molecule has 8 atom stereocenters. The molecule has 0 heterocycles. The Kier molecular flexibility index (Phi) is 8.71. The van der Waals surface area contributed by atoms with E-state index in [0.717, 1.165) is 60.3 Å². The highest BCUT2D eigenvalue weighted by atomic mass is 16.5. The van der Waals surface area contributed by atoms with Crippen molar-refractivity contribution in [3.05, 3.63) is 77.9 Å². The van der Waals surface area contributed by atoms with Crippen LogP contribution in [0.3, 0.4) is 0 Å². The van der Waals surface area contributed by atoms with Crippen LogP contribution in [-0.2, 0) is 9.53 Å². The molecular formula is C44H56O2. The van der Waals surface area contributed by atoms with Gasteiger partial charge in [0.2, 0.25) is 0 Å². The van der Waals surface area contributed by atoms with E-state index in [0.29, 0.717) is 5.41 Å². The monoisotopic (exact) mass is 616 g/mol. The fourth-order valence-electron chi connectivity index (χ4n) is 11.3. The maximum Gasteiger partial charge on any atom is 0.331 e. The lowest BCUT2D eigenvalue weighted by Crippen LogP contribution is -2.51. The van der Waals surface area contributed by atoms with Gasteiger partial charge in [-0.05, 0) is 131 Å². The Balaban J connectivity index is 1.02. The fraction of sp³-hybridized carbons (Fsp3) is 0.568. The molecule has 0 aromatic heterocycles. The van der Waals surface area contributed by atoms with Gasteiger partial charge in [0, 0.05) is 12.5 Å². The molecule has 0 bridgehead atoms. The molecule has 3 aromatic rings. The average Bonchev–Trinajstić information content (AvgIpc) is 3.40. The van der Waals surface area contributed by atoms with Crippen LogP contribution < -0.4 is 0 Å². The molecule has 244 valence electrons. The molecule has 2 heteroatoms. The van der Waals surface area contributed by atoms with Crippen molar-refractivity contribution < 1.29 is 9.53 Å². The van der Waals surface area contributed by atoms with Gasteiger partial charge in [0.05, 0.1) is 0 Å². The number of benzene rings is 3. The van der Waals surface area contributed by atoms with Crippen LogP contribution in [0.1, 0.15) is 111 Å². The third kappa shape index (κ3) is 5.67.